The average molecular weight is 171 g/mol. The molecule has 0 aromatic heterocycles. The Labute approximate surface area is 74.6 Å². The number of rotatable bonds is 4. The van der Waals surface area contributed by atoms with Gasteiger partial charge in [0, 0.05) is 31.6 Å². The van der Waals surface area contributed by atoms with Gasteiger partial charge in [-0.3, -0.25) is 0 Å². The minimum Gasteiger partial charge on any atom is -0.381 e. The molecule has 0 aromatic rings. The normalized spacial score (nSPS) is 15.1. The van der Waals surface area contributed by atoms with E-state index < -0.39 is 0 Å². The molecule has 0 aliphatic carbocycles. The molecule has 0 aliphatic rings. The maximum absolute atomic E-state index is 12.7. The van der Waals surface area contributed by atoms with Crippen LogP contribution in [0.3, 0.4) is 0 Å². The Hall–Kier alpha value is -0.790. The fourth-order valence-corrected chi connectivity index (χ4v) is 0.967. The van der Waals surface area contributed by atoms with Crippen LogP contribution in [0.4, 0.5) is 4.39 Å². The third-order valence-corrected chi connectivity index (χ3v) is 2.34. The highest BCUT2D eigenvalue weighted by molar-refractivity contribution is 5.04. The van der Waals surface area contributed by atoms with Crippen molar-refractivity contribution >= 4 is 0 Å². The quantitative estimate of drug-likeness (QED) is 0.628. The van der Waals surface area contributed by atoms with Crippen LogP contribution in [0.25, 0.3) is 0 Å². The molecule has 0 spiro atoms. The lowest BCUT2D eigenvalue weighted by atomic mass is 9.92. The largest absolute Gasteiger partial charge is 0.381 e. The van der Waals surface area contributed by atoms with Gasteiger partial charge in [0.05, 0.1) is 5.83 Å². The van der Waals surface area contributed by atoms with Crippen molar-refractivity contribution in [2.24, 2.45) is 11.8 Å². The first-order valence-electron chi connectivity index (χ1n) is 4.08. The molecule has 2 heteroatoms. The molecule has 0 rings (SSSR count). The highest BCUT2D eigenvalue weighted by Gasteiger charge is 2.18. The Balaban J connectivity index is 4.29. The summed E-state index contributed by atoms with van der Waals surface area (Å²) in [5.74, 6) is -0.317. The zero-order valence-corrected chi connectivity index (χ0v) is 8.39. The van der Waals surface area contributed by atoms with Crippen LogP contribution in [-0.2, 0) is 0 Å². The van der Waals surface area contributed by atoms with Gasteiger partial charge in [-0.15, -0.1) is 0 Å². The van der Waals surface area contributed by atoms with Gasteiger partial charge in [0.1, 0.15) is 0 Å². The Morgan fingerprint density at radius 1 is 1.17 bits per heavy atom. The molecule has 0 bridgehead atoms. The molecular weight excluding hydrogens is 153 g/mol. The molecule has 2 unspecified atom stereocenters. The highest BCUT2D eigenvalue weighted by atomic mass is 19.1. The van der Waals surface area contributed by atoms with Gasteiger partial charge >= 0.3 is 0 Å². The Bertz CT molecular complexity index is 184. The summed E-state index contributed by atoms with van der Waals surface area (Å²) in [5.41, 5.74) is 0.932. The van der Waals surface area contributed by atoms with Gasteiger partial charge in [0.2, 0.25) is 0 Å². The molecule has 0 radical (unpaired) electrons. The van der Waals surface area contributed by atoms with Crippen molar-refractivity contribution in [3.8, 4) is 0 Å². The second kappa shape index (κ2) is 4.29. The first kappa shape index (κ1) is 11.2. The summed E-state index contributed by atoms with van der Waals surface area (Å²) in [6, 6.07) is 0. The van der Waals surface area contributed by atoms with Crippen LogP contribution in [0.1, 0.15) is 13.8 Å². The number of nitrogens with zero attached hydrogens (tertiary/aromatic N) is 1. The number of halogens is 1. The van der Waals surface area contributed by atoms with E-state index in [1.807, 2.05) is 32.8 Å². The van der Waals surface area contributed by atoms with Crippen molar-refractivity contribution in [2.75, 3.05) is 14.1 Å². The van der Waals surface area contributed by atoms with Crippen LogP contribution in [0.2, 0.25) is 0 Å². The van der Waals surface area contributed by atoms with Crippen molar-refractivity contribution in [2.45, 2.75) is 13.8 Å². The fraction of sp³-hybridized carbons (Fsp3) is 0.600. The standard InChI is InChI=1S/C10H18FN/c1-7(9(3)11)8(2)10(4)12(5)6/h7-8H,3-4H2,1-2,5-6H3. The Morgan fingerprint density at radius 3 is 1.83 bits per heavy atom. The number of allylic oxidation sites excluding steroid dienone is 2. The first-order valence-corrected chi connectivity index (χ1v) is 4.08. The number of hydrogen-bond donors (Lipinski definition) is 0. The summed E-state index contributed by atoms with van der Waals surface area (Å²) in [6.07, 6.45) is 0. The maximum atomic E-state index is 12.7. The molecule has 12 heavy (non-hydrogen) atoms. The third kappa shape index (κ3) is 2.68. The van der Waals surface area contributed by atoms with Crippen molar-refractivity contribution in [1.82, 2.24) is 4.90 Å². The monoisotopic (exact) mass is 171 g/mol. The Kier molecular flexibility index (Phi) is 4.01. The summed E-state index contributed by atoms with van der Waals surface area (Å²) in [7, 11) is 3.82. The lowest BCUT2D eigenvalue weighted by Crippen LogP contribution is -2.21. The second-order valence-corrected chi connectivity index (χ2v) is 3.41. The Morgan fingerprint density at radius 2 is 1.58 bits per heavy atom. The van der Waals surface area contributed by atoms with E-state index in [0.717, 1.165) is 5.70 Å². The van der Waals surface area contributed by atoms with Crippen LogP contribution >= 0.6 is 0 Å². The zero-order chi connectivity index (χ0) is 9.89. The van der Waals surface area contributed by atoms with Crippen molar-refractivity contribution in [3.63, 3.8) is 0 Å². The minimum atomic E-state index is -0.273. The highest BCUT2D eigenvalue weighted by Crippen LogP contribution is 2.25. The van der Waals surface area contributed by atoms with Gasteiger partial charge in [-0.05, 0) is 0 Å². The van der Waals surface area contributed by atoms with Crippen molar-refractivity contribution in [1.29, 1.82) is 0 Å². The second-order valence-electron chi connectivity index (χ2n) is 3.41. The predicted molar refractivity (Wildman–Crippen MR) is 51.4 cm³/mol. The van der Waals surface area contributed by atoms with Crippen LogP contribution in [0, 0.1) is 11.8 Å². The maximum Gasteiger partial charge on any atom is 0.0962 e. The summed E-state index contributed by atoms with van der Waals surface area (Å²) in [6.45, 7) is 10.9. The predicted octanol–water partition coefficient (Wildman–Crippen LogP) is 2.82. The van der Waals surface area contributed by atoms with Crippen LogP contribution < -0.4 is 0 Å². The van der Waals surface area contributed by atoms with Gasteiger partial charge in [0.15, 0.2) is 0 Å². The van der Waals surface area contributed by atoms with E-state index >= 15 is 0 Å². The van der Waals surface area contributed by atoms with Crippen molar-refractivity contribution in [3.05, 3.63) is 24.7 Å². The molecule has 70 valence electrons. The topological polar surface area (TPSA) is 3.24 Å². The molecule has 0 amide bonds. The molecule has 0 N–H and O–H groups in total. The molecule has 1 nitrogen and oxygen atoms in total. The van der Waals surface area contributed by atoms with Gasteiger partial charge in [0.25, 0.3) is 0 Å². The van der Waals surface area contributed by atoms with Gasteiger partial charge < -0.3 is 4.90 Å². The fourth-order valence-electron chi connectivity index (χ4n) is 0.967. The smallest absolute Gasteiger partial charge is 0.0962 e. The van der Waals surface area contributed by atoms with E-state index in [2.05, 4.69) is 13.2 Å². The van der Waals surface area contributed by atoms with Gasteiger partial charge in [-0.2, -0.15) is 0 Å². The lowest BCUT2D eigenvalue weighted by molar-refractivity contribution is 0.345. The molecular formula is C10H18FN. The van der Waals surface area contributed by atoms with E-state index in [1.54, 1.807) is 0 Å². The van der Waals surface area contributed by atoms with E-state index in [1.165, 1.54) is 0 Å². The first-order chi connectivity index (χ1) is 5.37. The summed E-state index contributed by atoms with van der Waals surface area (Å²) in [4.78, 5) is 1.91. The van der Waals surface area contributed by atoms with E-state index in [0.29, 0.717) is 0 Å². The molecule has 0 heterocycles. The van der Waals surface area contributed by atoms with Crippen LogP contribution in [0.5, 0.6) is 0 Å². The number of hydrogen-bond acceptors (Lipinski definition) is 1. The van der Waals surface area contributed by atoms with E-state index in [9.17, 15) is 4.39 Å². The minimum absolute atomic E-state index is 0.109. The van der Waals surface area contributed by atoms with Crippen LogP contribution in [-0.4, -0.2) is 19.0 Å². The SMILES string of the molecule is C=C(F)C(C)C(C)C(=C)N(C)C. The molecule has 0 aliphatic heterocycles. The molecule has 0 aromatic carbocycles. The molecule has 0 saturated carbocycles. The zero-order valence-electron chi connectivity index (χ0n) is 8.39. The average Bonchev–Trinajstić information content (AvgIpc) is 2.00. The molecule has 0 fully saturated rings. The van der Waals surface area contributed by atoms with Gasteiger partial charge in [-0.1, -0.05) is 27.0 Å². The van der Waals surface area contributed by atoms with Crippen LogP contribution in [0.15, 0.2) is 24.7 Å². The molecule has 0 saturated heterocycles. The third-order valence-electron chi connectivity index (χ3n) is 2.34. The molecule has 2 atom stereocenters. The summed E-state index contributed by atoms with van der Waals surface area (Å²) < 4.78 is 12.7. The summed E-state index contributed by atoms with van der Waals surface area (Å²) in [5, 5.41) is 0. The van der Waals surface area contributed by atoms with Gasteiger partial charge in [-0.25, -0.2) is 4.39 Å². The lowest BCUT2D eigenvalue weighted by Gasteiger charge is -2.25. The van der Waals surface area contributed by atoms with E-state index in [4.69, 9.17) is 0 Å². The van der Waals surface area contributed by atoms with Crippen molar-refractivity contribution < 1.29 is 4.39 Å². The van der Waals surface area contributed by atoms with E-state index in [-0.39, 0.29) is 17.7 Å². The summed E-state index contributed by atoms with van der Waals surface area (Å²) >= 11 is 0.